The quantitative estimate of drug-likeness (QED) is 0.586. The molecule has 1 aliphatic rings. The van der Waals surface area contributed by atoms with Crippen LogP contribution in [0.5, 0.6) is 0 Å². The van der Waals surface area contributed by atoms with Gasteiger partial charge in [0.1, 0.15) is 5.82 Å². The fourth-order valence-electron chi connectivity index (χ4n) is 4.01. The number of hydrogen-bond acceptors (Lipinski definition) is 2. The zero-order chi connectivity index (χ0) is 17.5. The van der Waals surface area contributed by atoms with Crippen molar-refractivity contribution in [1.82, 2.24) is 9.97 Å². The normalized spacial score (nSPS) is 20.6. The summed E-state index contributed by atoms with van der Waals surface area (Å²) >= 11 is 0. The smallest absolute Gasteiger partial charge is 0.128 e. The third-order valence-corrected chi connectivity index (χ3v) is 5.80. The highest BCUT2D eigenvalue weighted by atomic mass is 14.9. The maximum atomic E-state index is 4.61. The van der Waals surface area contributed by atoms with Gasteiger partial charge in [-0.1, -0.05) is 81.7 Å². The van der Waals surface area contributed by atoms with Crippen LogP contribution in [0.2, 0.25) is 0 Å². The number of nitrogens with zero attached hydrogens (tertiary/aromatic N) is 2. The second kappa shape index (κ2) is 9.12. The molecule has 0 aliphatic heterocycles. The summed E-state index contributed by atoms with van der Waals surface area (Å²) in [5, 5.41) is 0. The Hall–Kier alpha value is -1.70. The molecule has 0 atom stereocenters. The highest BCUT2D eigenvalue weighted by Crippen LogP contribution is 2.34. The van der Waals surface area contributed by atoms with Crippen molar-refractivity contribution in [2.45, 2.75) is 71.6 Å². The minimum absolute atomic E-state index is 0.887. The Morgan fingerprint density at radius 2 is 1.44 bits per heavy atom. The molecule has 1 aromatic carbocycles. The van der Waals surface area contributed by atoms with Gasteiger partial charge in [-0.05, 0) is 30.7 Å². The Bertz CT molecular complexity index is 622. The lowest BCUT2D eigenvalue weighted by molar-refractivity contribution is 0.249. The van der Waals surface area contributed by atoms with Crippen molar-refractivity contribution in [2.75, 3.05) is 0 Å². The van der Waals surface area contributed by atoms with Gasteiger partial charge in [-0.2, -0.15) is 0 Å². The van der Waals surface area contributed by atoms with E-state index < -0.39 is 0 Å². The van der Waals surface area contributed by atoms with Crippen molar-refractivity contribution < 1.29 is 0 Å². The fourth-order valence-corrected chi connectivity index (χ4v) is 4.01. The molecule has 1 fully saturated rings. The molecule has 0 spiro atoms. The molecule has 3 rings (SSSR count). The molecule has 0 saturated heterocycles. The Morgan fingerprint density at radius 1 is 0.840 bits per heavy atom. The van der Waals surface area contributed by atoms with Gasteiger partial charge < -0.3 is 0 Å². The second-order valence-electron chi connectivity index (χ2n) is 7.82. The minimum atomic E-state index is 0.887. The molecular weight excluding hydrogens is 304 g/mol. The maximum absolute atomic E-state index is 4.61. The molecule has 2 aromatic rings. The zero-order valence-corrected chi connectivity index (χ0v) is 15.9. The summed E-state index contributed by atoms with van der Waals surface area (Å²) in [5.41, 5.74) is 3.59. The number of rotatable bonds is 7. The van der Waals surface area contributed by atoms with Crippen LogP contribution in [0, 0.1) is 18.8 Å². The largest absolute Gasteiger partial charge is 0.241 e. The lowest BCUT2D eigenvalue weighted by Gasteiger charge is -2.28. The summed E-state index contributed by atoms with van der Waals surface area (Å²) in [6.07, 6.45) is 16.2. The van der Waals surface area contributed by atoms with Crippen LogP contribution in [0.4, 0.5) is 0 Å². The Balaban J connectivity index is 1.45. The van der Waals surface area contributed by atoms with E-state index in [0.717, 1.165) is 29.6 Å². The van der Waals surface area contributed by atoms with E-state index in [9.17, 15) is 0 Å². The van der Waals surface area contributed by atoms with Gasteiger partial charge >= 0.3 is 0 Å². The van der Waals surface area contributed by atoms with E-state index in [4.69, 9.17) is 0 Å². The van der Waals surface area contributed by atoms with Crippen molar-refractivity contribution >= 4 is 0 Å². The number of hydrogen-bond donors (Lipinski definition) is 0. The minimum Gasteiger partial charge on any atom is -0.241 e. The topological polar surface area (TPSA) is 25.8 Å². The average molecular weight is 337 g/mol. The lowest BCUT2D eigenvalue weighted by Crippen LogP contribution is -2.15. The van der Waals surface area contributed by atoms with Crippen LogP contribution in [-0.4, -0.2) is 9.97 Å². The summed E-state index contributed by atoms with van der Waals surface area (Å²) in [5.74, 6) is 2.89. The van der Waals surface area contributed by atoms with E-state index in [1.165, 1.54) is 62.5 Å². The first-order chi connectivity index (χ1) is 12.2. The van der Waals surface area contributed by atoms with Crippen LogP contribution in [0.3, 0.4) is 0 Å². The summed E-state index contributed by atoms with van der Waals surface area (Å²) in [7, 11) is 0. The summed E-state index contributed by atoms with van der Waals surface area (Å²) in [6, 6.07) is 8.57. The van der Waals surface area contributed by atoms with Crippen LogP contribution in [0.25, 0.3) is 11.1 Å². The molecule has 0 N–H and O–H groups in total. The van der Waals surface area contributed by atoms with Crippen molar-refractivity contribution in [2.24, 2.45) is 11.8 Å². The maximum Gasteiger partial charge on any atom is 0.128 e. The van der Waals surface area contributed by atoms with E-state index in [2.05, 4.69) is 48.1 Å². The molecule has 134 valence electrons. The second-order valence-corrected chi connectivity index (χ2v) is 7.82. The van der Waals surface area contributed by atoms with Gasteiger partial charge in [0.2, 0.25) is 0 Å². The van der Waals surface area contributed by atoms with Gasteiger partial charge in [0.05, 0.1) is 0 Å². The number of unbranched alkanes of at least 4 members (excludes halogenated alkanes) is 1. The molecule has 0 amide bonds. The van der Waals surface area contributed by atoms with E-state index in [-0.39, 0.29) is 0 Å². The third-order valence-electron chi connectivity index (χ3n) is 5.80. The number of aromatic nitrogens is 2. The van der Waals surface area contributed by atoms with E-state index in [0.29, 0.717) is 0 Å². The lowest BCUT2D eigenvalue weighted by atomic mass is 9.78. The van der Waals surface area contributed by atoms with Crippen LogP contribution < -0.4 is 0 Å². The molecule has 25 heavy (non-hydrogen) atoms. The Morgan fingerprint density at radius 3 is 2.04 bits per heavy atom. The van der Waals surface area contributed by atoms with Gasteiger partial charge in [-0.25, -0.2) is 9.97 Å². The Labute approximate surface area is 153 Å². The van der Waals surface area contributed by atoms with Crippen LogP contribution in [0.15, 0.2) is 36.7 Å². The van der Waals surface area contributed by atoms with Gasteiger partial charge in [-0.3, -0.25) is 0 Å². The first kappa shape index (κ1) is 18.1. The predicted octanol–water partition coefficient (Wildman–Crippen LogP) is 6.38. The van der Waals surface area contributed by atoms with Crippen molar-refractivity contribution in [3.05, 3.63) is 48.0 Å². The highest BCUT2D eigenvalue weighted by Gasteiger charge is 2.20. The Kier molecular flexibility index (Phi) is 6.61. The SMILES string of the molecule is CCCC[C@H]1CC[C@H](CCc2ncc(-c3ccc(C)cc3)cn2)CC1. The molecule has 2 nitrogen and oxygen atoms in total. The summed E-state index contributed by atoms with van der Waals surface area (Å²) < 4.78 is 0. The molecule has 1 aliphatic carbocycles. The van der Waals surface area contributed by atoms with Gasteiger partial charge in [-0.15, -0.1) is 0 Å². The van der Waals surface area contributed by atoms with E-state index in [1.807, 2.05) is 12.4 Å². The monoisotopic (exact) mass is 336 g/mol. The molecule has 0 unspecified atom stereocenters. The summed E-state index contributed by atoms with van der Waals surface area (Å²) in [4.78, 5) is 9.21. The first-order valence-electron chi connectivity index (χ1n) is 10.1. The molecule has 1 aromatic heterocycles. The molecular formula is C23H32N2. The van der Waals surface area contributed by atoms with Crippen molar-refractivity contribution in [3.8, 4) is 11.1 Å². The van der Waals surface area contributed by atoms with Gasteiger partial charge in [0, 0.05) is 24.4 Å². The molecule has 1 saturated carbocycles. The molecule has 0 radical (unpaired) electrons. The first-order valence-corrected chi connectivity index (χ1v) is 10.1. The van der Waals surface area contributed by atoms with Crippen LogP contribution in [-0.2, 0) is 6.42 Å². The van der Waals surface area contributed by atoms with Crippen molar-refractivity contribution in [3.63, 3.8) is 0 Å². The third kappa shape index (κ3) is 5.39. The van der Waals surface area contributed by atoms with Gasteiger partial charge in [0.25, 0.3) is 0 Å². The van der Waals surface area contributed by atoms with E-state index in [1.54, 1.807) is 0 Å². The van der Waals surface area contributed by atoms with E-state index >= 15 is 0 Å². The average Bonchev–Trinajstić information content (AvgIpc) is 2.67. The fraction of sp³-hybridized carbons (Fsp3) is 0.565. The highest BCUT2D eigenvalue weighted by molar-refractivity contribution is 5.61. The van der Waals surface area contributed by atoms with Crippen LogP contribution in [0.1, 0.15) is 69.7 Å². The number of aryl methyl sites for hydroxylation is 2. The molecule has 2 heteroatoms. The zero-order valence-electron chi connectivity index (χ0n) is 15.9. The predicted molar refractivity (Wildman–Crippen MR) is 105 cm³/mol. The van der Waals surface area contributed by atoms with Crippen molar-refractivity contribution in [1.29, 1.82) is 0 Å². The summed E-state index contributed by atoms with van der Waals surface area (Å²) in [6.45, 7) is 4.41. The molecule has 0 bridgehead atoms. The molecule has 1 heterocycles. The van der Waals surface area contributed by atoms with Crippen LogP contribution >= 0.6 is 0 Å². The van der Waals surface area contributed by atoms with Gasteiger partial charge in [0.15, 0.2) is 0 Å². The standard InChI is InChI=1S/C23H32N2/c1-3-4-5-19-8-10-20(11-9-19)12-15-23-24-16-22(17-25-23)21-13-6-18(2)7-14-21/h6-7,13-14,16-17,19-20H,3-5,8-12,15H2,1-2H3/t19-,20-. The number of benzene rings is 1.